The number of rotatable bonds is 7. The van der Waals surface area contributed by atoms with Gasteiger partial charge in [0.2, 0.25) is 10.0 Å². The number of alkyl halides is 4. The number of hydrogen-bond acceptors (Lipinski definition) is 5. The number of benzene rings is 2. The average molecular weight is 642 g/mol. The molecular weight excluding hydrogens is 616 g/mol. The van der Waals surface area contributed by atoms with Gasteiger partial charge in [-0.3, -0.25) is 4.79 Å². The molecule has 3 rings (SSSR count). The number of sulfone groups is 1. The van der Waals surface area contributed by atoms with Crippen LogP contribution in [0.1, 0.15) is 25.3 Å². The predicted molar refractivity (Wildman–Crippen MR) is 138 cm³/mol. The number of nitrogens with zero attached hydrogens (tertiary/aromatic N) is 1. The van der Waals surface area contributed by atoms with Crippen molar-refractivity contribution in [3.05, 3.63) is 64.0 Å². The fourth-order valence-corrected chi connectivity index (χ4v) is 6.51. The van der Waals surface area contributed by atoms with E-state index >= 15 is 4.39 Å². The van der Waals surface area contributed by atoms with Gasteiger partial charge in [0.25, 0.3) is 5.91 Å². The molecule has 0 radical (unpaired) electrons. The van der Waals surface area contributed by atoms with Crippen LogP contribution < -0.4 is 5.32 Å². The first-order valence-electron chi connectivity index (χ1n) is 11.3. The van der Waals surface area contributed by atoms with Crippen LogP contribution in [0.5, 0.6) is 0 Å². The van der Waals surface area contributed by atoms with Crippen molar-refractivity contribution >= 4 is 41.7 Å². The highest BCUT2D eigenvalue weighted by Gasteiger charge is 2.45. The molecule has 14 heteroatoms. The number of halogens is 5. The molecule has 1 heterocycles. The van der Waals surface area contributed by atoms with Crippen LogP contribution >= 0.6 is 15.9 Å². The second-order valence-corrected chi connectivity index (χ2v) is 13.7. The maximum atomic E-state index is 15.4. The van der Waals surface area contributed by atoms with Crippen LogP contribution in [-0.2, 0) is 30.8 Å². The first-order valence-corrected chi connectivity index (χ1v) is 15.5. The zero-order valence-corrected chi connectivity index (χ0v) is 23.5. The summed E-state index contributed by atoms with van der Waals surface area (Å²) in [5.74, 6) is -1.01. The van der Waals surface area contributed by atoms with Crippen molar-refractivity contribution < 1.29 is 39.2 Å². The van der Waals surface area contributed by atoms with E-state index in [4.69, 9.17) is 0 Å². The van der Waals surface area contributed by atoms with Gasteiger partial charge in [-0.05, 0) is 36.8 Å². The molecule has 0 spiro atoms. The molecule has 2 aromatic rings. The minimum Gasteiger partial charge on any atom is -0.347 e. The fourth-order valence-electron chi connectivity index (χ4n) is 3.99. The number of carbonyl (C=O) groups is 1. The molecule has 1 amide bonds. The molecule has 1 aliphatic rings. The molecular formula is C24H25BrF4N2O5S2. The second-order valence-electron chi connectivity index (χ2n) is 8.97. The van der Waals surface area contributed by atoms with Gasteiger partial charge in [-0.2, -0.15) is 17.5 Å². The van der Waals surface area contributed by atoms with E-state index in [2.05, 4.69) is 21.2 Å². The molecule has 0 aromatic heterocycles. The van der Waals surface area contributed by atoms with Crippen LogP contribution in [0.15, 0.2) is 63.3 Å². The van der Waals surface area contributed by atoms with Crippen LogP contribution in [-0.4, -0.2) is 58.1 Å². The Morgan fingerprint density at radius 3 is 2.26 bits per heavy atom. The lowest BCUT2D eigenvalue weighted by molar-refractivity contribution is -0.137. The van der Waals surface area contributed by atoms with Gasteiger partial charge in [-0.1, -0.05) is 40.2 Å². The van der Waals surface area contributed by atoms with Gasteiger partial charge in [0.05, 0.1) is 10.5 Å². The highest BCUT2D eigenvalue weighted by Crippen LogP contribution is 2.41. The minimum atomic E-state index is -4.74. The van der Waals surface area contributed by atoms with Crippen molar-refractivity contribution in [2.75, 3.05) is 19.3 Å². The van der Waals surface area contributed by atoms with Gasteiger partial charge in [0, 0.05) is 53.7 Å². The van der Waals surface area contributed by atoms with Crippen molar-refractivity contribution in [3.63, 3.8) is 0 Å². The Bertz CT molecular complexity index is 1450. The second kappa shape index (κ2) is 11.1. The third kappa shape index (κ3) is 7.01. The molecule has 0 saturated carbocycles. The van der Waals surface area contributed by atoms with E-state index < -0.39 is 75.1 Å². The highest BCUT2D eigenvalue weighted by atomic mass is 79.9. The van der Waals surface area contributed by atoms with Crippen LogP contribution in [0.2, 0.25) is 0 Å². The summed E-state index contributed by atoms with van der Waals surface area (Å²) in [6.07, 6.45) is -3.58. The lowest BCUT2D eigenvalue weighted by Crippen LogP contribution is -2.53. The Kier molecular flexibility index (Phi) is 8.81. The summed E-state index contributed by atoms with van der Waals surface area (Å²) in [6, 6.07) is 7.64. The molecule has 1 fully saturated rings. The van der Waals surface area contributed by atoms with Gasteiger partial charge < -0.3 is 5.32 Å². The van der Waals surface area contributed by atoms with Crippen molar-refractivity contribution in [2.24, 2.45) is 0 Å². The summed E-state index contributed by atoms with van der Waals surface area (Å²) < 4.78 is 107. The maximum Gasteiger partial charge on any atom is 0.417 e. The monoisotopic (exact) mass is 640 g/mol. The summed E-state index contributed by atoms with van der Waals surface area (Å²) in [6.45, 7) is 0.669. The van der Waals surface area contributed by atoms with E-state index in [1.807, 2.05) is 0 Å². The van der Waals surface area contributed by atoms with Crippen LogP contribution in [0, 0.1) is 0 Å². The fraction of sp³-hybridized carbons (Fsp3) is 0.375. The van der Waals surface area contributed by atoms with Crippen molar-refractivity contribution in [1.82, 2.24) is 9.62 Å². The van der Waals surface area contributed by atoms with Crippen LogP contribution in [0.25, 0.3) is 11.1 Å². The summed E-state index contributed by atoms with van der Waals surface area (Å²) in [5.41, 5.74) is -3.92. The Morgan fingerprint density at radius 2 is 1.68 bits per heavy atom. The molecule has 208 valence electrons. The zero-order valence-electron chi connectivity index (χ0n) is 20.3. The minimum absolute atomic E-state index is 0.173. The molecule has 1 atom stereocenters. The number of carbonyl (C=O) groups excluding carboxylic acids is 1. The summed E-state index contributed by atoms with van der Waals surface area (Å²) in [7, 11) is -7.82. The molecule has 7 nitrogen and oxygen atoms in total. The quantitative estimate of drug-likeness (QED) is 0.443. The molecule has 2 aromatic carbocycles. The Hall–Kier alpha value is -2.29. The molecule has 38 heavy (non-hydrogen) atoms. The molecule has 1 saturated heterocycles. The standard InChI is InChI=1S/C24H25BrF4N2O5S2/c1-16(9-14-37(2,33)34)30-22(32)23(26)10-12-31(13-11-23)38(35,36)21-8-7-17(25)15-19(21)18-5-3-4-6-20(18)24(27,28)29/h3-9,14-16H,10-13H2,1-2H3,(H,30,32)/b14-9-/t16-/m1/s1. The topological polar surface area (TPSA) is 101 Å². The van der Waals surface area contributed by atoms with E-state index in [1.54, 1.807) is 0 Å². The summed E-state index contributed by atoms with van der Waals surface area (Å²) in [5, 5.41) is 3.24. The predicted octanol–water partition coefficient (Wildman–Crippen LogP) is 4.69. The van der Waals surface area contributed by atoms with Gasteiger partial charge in [-0.25, -0.2) is 21.2 Å². The van der Waals surface area contributed by atoms with Gasteiger partial charge in [-0.15, -0.1) is 0 Å². The molecule has 0 bridgehead atoms. The van der Waals surface area contributed by atoms with E-state index in [0.29, 0.717) is 4.47 Å². The number of nitrogens with one attached hydrogen (secondary N) is 1. The molecule has 0 aliphatic carbocycles. The van der Waals surface area contributed by atoms with E-state index in [0.717, 1.165) is 22.0 Å². The molecule has 0 unspecified atom stereocenters. The van der Waals surface area contributed by atoms with E-state index in [1.165, 1.54) is 49.4 Å². The van der Waals surface area contributed by atoms with Crippen molar-refractivity contribution in [3.8, 4) is 11.1 Å². The number of sulfonamides is 1. The lowest BCUT2D eigenvalue weighted by atomic mass is 9.93. The van der Waals surface area contributed by atoms with Gasteiger partial charge >= 0.3 is 6.18 Å². The third-order valence-corrected chi connectivity index (χ3v) is 9.08. The SMILES string of the molecule is C[C@H](/C=C\S(C)(=O)=O)NC(=O)C1(F)CCN(S(=O)(=O)c2ccc(Br)cc2-c2ccccc2C(F)(F)F)CC1. The summed E-state index contributed by atoms with van der Waals surface area (Å²) >= 11 is 3.18. The van der Waals surface area contributed by atoms with E-state index in [9.17, 15) is 34.8 Å². The van der Waals surface area contributed by atoms with Crippen LogP contribution in [0.3, 0.4) is 0 Å². The Morgan fingerprint density at radius 1 is 1.08 bits per heavy atom. The lowest BCUT2D eigenvalue weighted by Gasteiger charge is -2.35. The smallest absolute Gasteiger partial charge is 0.347 e. The highest BCUT2D eigenvalue weighted by molar-refractivity contribution is 9.10. The van der Waals surface area contributed by atoms with Crippen molar-refractivity contribution in [1.29, 1.82) is 0 Å². The first kappa shape index (κ1) is 30.3. The normalized spacial score (nSPS) is 17.9. The van der Waals surface area contributed by atoms with Crippen molar-refractivity contribution in [2.45, 2.75) is 42.5 Å². The average Bonchev–Trinajstić information content (AvgIpc) is 2.82. The zero-order chi connectivity index (χ0) is 28.5. The van der Waals surface area contributed by atoms with Gasteiger partial charge in [0.15, 0.2) is 15.5 Å². The van der Waals surface area contributed by atoms with Gasteiger partial charge in [0.1, 0.15) is 0 Å². The Balaban J connectivity index is 1.86. The largest absolute Gasteiger partial charge is 0.417 e. The molecule has 1 N–H and O–H groups in total. The Labute approximate surface area is 227 Å². The first-order chi connectivity index (χ1) is 17.4. The maximum absolute atomic E-state index is 15.4. The third-order valence-electron chi connectivity index (χ3n) is 5.98. The number of amides is 1. The number of hydrogen-bond donors (Lipinski definition) is 1. The molecule has 1 aliphatic heterocycles. The van der Waals surface area contributed by atoms with Crippen LogP contribution in [0.4, 0.5) is 17.6 Å². The number of piperidine rings is 1. The summed E-state index contributed by atoms with van der Waals surface area (Å²) in [4.78, 5) is 12.2. The van der Waals surface area contributed by atoms with E-state index in [-0.39, 0.29) is 16.0 Å².